The fourth-order valence-electron chi connectivity index (χ4n) is 2.42. The van der Waals surface area contributed by atoms with Crippen molar-refractivity contribution in [3.8, 4) is 0 Å². The van der Waals surface area contributed by atoms with Gasteiger partial charge in [0.05, 0.1) is 6.61 Å². The van der Waals surface area contributed by atoms with Crippen LogP contribution in [0.4, 0.5) is 0 Å². The predicted molar refractivity (Wildman–Crippen MR) is 102 cm³/mol. The van der Waals surface area contributed by atoms with E-state index in [0.29, 0.717) is 13.3 Å². The summed E-state index contributed by atoms with van der Waals surface area (Å²) in [6.45, 7) is 5.12. The Labute approximate surface area is 150 Å². The van der Waals surface area contributed by atoms with Crippen LogP contribution in [0.25, 0.3) is 0 Å². The van der Waals surface area contributed by atoms with Crippen LogP contribution >= 0.6 is 0 Å². The molecule has 25 heavy (non-hydrogen) atoms. The molecule has 0 radical (unpaired) electrons. The SMILES string of the molecule is CCCc1ccc(COC/N=C/c2ccccc2CC)cc1.O=CO. The van der Waals surface area contributed by atoms with Crippen molar-refractivity contribution in [1.29, 1.82) is 0 Å². The number of carboxylic acid groups (broad SMARTS) is 1. The zero-order chi connectivity index (χ0) is 18.3. The third kappa shape index (κ3) is 8.27. The Morgan fingerprint density at radius 3 is 2.32 bits per heavy atom. The molecule has 2 aromatic rings. The molecule has 0 saturated heterocycles. The Bertz CT molecular complexity index is 636. The van der Waals surface area contributed by atoms with Gasteiger partial charge in [0.2, 0.25) is 0 Å². The molecule has 0 bridgehead atoms. The number of hydrogen-bond acceptors (Lipinski definition) is 3. The summed E-state index contributed by atoms with van der Waals surface area (Å²) in [6, 6.07) is 17.0. The number of ether oxygens (including phenoxy) is 1. The van der Waals surface area contributed by atoms with E-state index in [1.807, 2.05) is 12.3 Å². The number of aryl methyl sites for hydroxylation is 2. The molecule has 0 aliphatic heterocycles. The van der Waals surface area contributed by atoms with Crippen LogP contribution in [0.1, 0.15) is 42.5 Å². The quantitative estimate of drug-likeness (QED) is 0.437. The van der Waals surface area contributed by atoms with Gasteiger partial charge in [0.1, 0.15) is 6.73 Å². The molecule has 0 fully saturated rings. The normalized spacial score (nSPS) is 10.3. The van der Waals surface area contributed by atoms with Gasteiger partial charge in [-0.2, -0.15) is 0 Å². The number of nitrogens with zero attached hydrogens (tertiary/aromatic N) is 1. The van der Waals surface area contributed by atoms with Gasteiger partial charge in [-0.05, 0) is 35.1 Å². The summed E-state index contributed by atoms with van der Waals surface area (Å²) in [6.07, 6.45) is 5.25. The van der Waals surface area contributed by atoms with E-state index in [1.165, 1.54) is 28.7 Å². The zero-order valence-corrected chi connectivity index (χ0v) is 15.0. The number of hydrogen-bond donors (Lipinski definition) is 1. The molecule has 4 nitrogen and oxygen atoms in total. The van der Waals surface area contributed by atoms with Crippen molar-refractivity contribution in [3.05, 3.63) is 70.8 Å². The summed E-state index contributed by atoms with van der Waals surface area (Å²) >= 11 is 0. The van der Waals surface area contributed by atoms with Crippen molar-refractivity contribution in [3.63, 3.8) is 0 Å². The standard InChI is InChI=1S/C20H25NO.CH2O2/c1-3-7-17-10-12-18(13-11-17)15-22-16-21-14-20-9-6-5-8-19(20)4-2;2-1-3/h5-6,8-14H,3-4,7,15-16H2,1-2H3;1H,(H,2,3)/b21-14+;. The Morgan fingerprint density at radius 1 is 1.04 bits per heavy atom. The molecule has 0 saturated carbocycles. The third-order valence-corrected chi connectivity index (χ3v) is 3.66. The molecular weight excluding hydrogens is 314 g/mol. The lowest BCUT2D eigenvalue weighted by Gasteiger charge is -2.04. The fourth-order valence-corrected chi connectivity index (χ4v) is 2.42. The second kappa shape index (κ2) is 12.9. The highest BCUT2D eigenvalue weighted by Crippen LogP contribution is 2.08. The predicted octanol–water partition coefficient (Wildman–Crippen LogP) is 4.50. The van der Waals surface area contributed by atoms with E-state index in [4.69, 9.17) is 14.6 Å². The summed E-state index contributed by atoms with van der Waals surface area (Å²) in [5, 5.41) is 6.89. The molecule has 0 atom stereocenters. The van der Waals surface area contributed by atoms with E-state index in [2.05, 4.69) is 61.3 Å². The molecule has 2 aromatic carbocycles. The first-order chi connectivity index (χ1) is 12.2. The van der Waals surface area contributed by atoms with Crippen LogP contribution < -0.4 is 0 Å². The Balaban J connectivity index is 0.000000970. The van der Waals surface area contributed by atoms with Gasteiger partial charge >= 0.3 is 0 Å². The molecule has 0 spiro atoms. The average Bonchev–Trinajstić information content (AvgIpc) is 2.64. The molecule has 4 heteroatoms. The maximum absolute atomic E-state index is 8.36. The van der Waals surface area contributed by atoms with Crippen LogP contribution in [0.3, 0.4) is 0 Å². The summed E-state index contributed by atoms with van der Waals surface area (Å²) in [5.74, 6) is 0. The molecule has 0 aliphatic carbocycles. The monoisotopic (exact) mass is 341 g/mol. The molecule has 2 rings (SSSR count). The molecule has 0 unspecified atom stereocenters. The lowest BCUT2D eigenvalue weighted by Crippen LogP contribution is -1.96. The van der Waals surface area contributed by atoms with Crippen molar-refractivity contribution in [2.45, 2.75) is 39.7 Å². The van der Waals surface area contributed by atoms with E-state index >= 15 is 0 Å². The van der Waals surface area contributed by atoms with Crippen molar-refractivity contribution in [1.82, 2.24) is 0 Å². The van der Waals surface area contributed by atoms with Crippen LogP contribution in [0.5, 0.6) is 0 Å². The van der Waals surface area contributed by atoms with E-state index < -0.39 is 0 Å². The van der Waals surface area contributed by atoms with Crippen molar-refractivity contribution < 1.29 is 14.6 Å². The minimum absolute atomic E-state index is 0.250. The van der Waals surface area contributed by atoms with Crippen molar-refractivity contribution in [2.24, 2.45) is 4.99 Å². The first kappa shape index (κ1) is 20.6. The number of rotatable bonds is 8. The van der Waals surface area contributed by atoms with Gasteiger partial charge in [-0.25, -0.2) is 0 Å². The van der Waals surface area contributed by atoms with Gasteiger partial charge in [-0.3, -0.25) is 9.79 Å². The topological polar surface area (TPSA) is 58.9 Å². The molecule has 134 valence electrons. The Hall–Kier alpha value is -2.46. The fraction of sp³-hybridized carbons (Fsp3) is 0.333. The first-order valence-corrected chi connectivity index (χ1v) is 8.56. The van der Waals surface area contributed by atoms with Crippen LogP contribution in [-0.2, 0) is 29.0 Å². The lowest BCUT2D eigenvalue weighted by atomic mass is 10.1. The van der Waals surface area contributed by atoms with E-state index in [-0.39, 0.29) is 6.47 Å². The number of aliphatic imine (C=N–C) groups is 1. The van der Waals surface area contributed by atoms with Crippen molar-refractivity contribution >= 4 is 12.7 Å². The summed E-state index contributed by atoms with van der Waals surface area (Å²) in [5.41, 5.74) is 5.08. The Kier molecular flexibility index (Phi) is 10.6. The molecule has 1 N–H and O–H groups in total. The van der Waals surface area contributed by atoms with Gasteiger partial charge in [-0.1, -0.05) is 68.8 Å². The molecular formula is C21H27NO3. The van der Waals surface area contributed by atoms with E-state index in [9.17, 15) is 0 Å². The molecule has 0 aromatic heterocycles. The Morgan fingerprint density at radius 2 is 1.68 bits per heavy atom. The maximum Gasteiger partial charge on any atom is 0.290 e. The van der Waals surface area contributed by atoms with Crippen LogP contribution in [0.2, 0.25) is 0 Å². The van der Waals surface area contributed by atoms with E-state index in [1.54, 1.807) is 0 Å². The van der Waals surface area contributed by atoms with Crippen LogP contribution in [0.15, 0.2) is 53.5 Å². The zero-order valence-electron chi connectivity index (χ0n) is 15.0. The van der Waals surface area contributed by atoms with Gasteiger partial charge in [0.15, 0.2) is 0 Å². The largest absolute Gasteiger partial charge is 0.483 e. The maximum atomic E-state index is 8.36. The second-order valence-electron chi connectivity index (χ2n) is 5.51. The summed E-state index contributed by atoms with van der Waals surface area (Å²) < 4.78 is 5.62. The van der Waals surface area contributed by atoms with Gasteiger partial charge < -0.3 is 9.84 Å². The van der Waals surface area contributed by atoms with E-state index in [0.717, 1.165) is 12.8 Å². The number of carbonyl (C=O) groups is 1. The smallest absolute Gasteiger partial charge is 0.290 e. The highest BCUT2D eigenvalue weighted by atomic mass is 16.5. The summed E-state index contributed by atoms with van der Waals surface area (Å²) in [4.78, 5) is 12.7. The van der Waals surface area contributed by atoms with Crippen molar-refractivity contribution in [2.75, 3.05) is 6.73 Å². The van der Waals surface area contributed by atoms with Crippen LogP contribution in [-0.4, -0.2) is 24.5 Å². The number of benzene rings is 2. The minimum Gasteiger partial charge on any atom is -0.483 e. The highest BCUT2D eigenvalue weighted by Gasteiger charge is 1.96. The lowest BCUT2D eigenvalue weighted by molar-refractivity contribution is -0.122. The minimum atomic E-state index is -0.250. The van der Waals surface area contributed by atoms with Gasteiger partial charge in [-0.15, -0.1) is 0 Å². The highest BCUT2D eigenvalue weighted by molar-refractivity contribution is 5.81. The van der Waals surface area contributed by atoms with Crippen LogP contribution in [0, 0.1) is 0 Å². The molecule has 0 heterocycles. The summed E-state index contributed by atoms with van der Waals surface area (Å²) in [7, 11) is 0. The van der Waals surface area contributed by atoms with Gasteiger partial charge in [0.25, 0.3) is 6.47 Å². The first-order valence-electron chi connectivity index (χ1n) is 8.56. The average molecular weight is 341 g/mol. The molecule has 0 aliphatic rings. The second-order valence-corrected chi connectivity index (χ2v) is 5.51. The molecule has 0 amide bonds. The third-order valence-electron chi connectivity index (χ3n) is 3.66. The van der Waals surface area contributed by atoms with Gasteiger partial charge in [0, 0.05) is 6.21 Å².